The van der Waals surface area contributed by atoms with Gasteiger partial charge in [-0.3, -0.25) is 4.79 Å². The van der Waals surface area contributed by atoms with Crippen LogP contribution in [0.4, 0.5) is 0 Å². The molecule has 0 aromatic heterocycles. The van der Waals surface area contributed by atoms with Gasteiger partial charge in [0.15, 0.2) is 0 Å². The van der Waals surface area contributed by atoms with Crippen LogP contribution in [0.25, 0.3) is 0 Å². The highest BCUT2D eigenvalue weighted by Crippen LogP contribution is 2.32. The zero-order valence-electron chi connectivity index (χ0n) is 12.0. The molecule has 0 radical (unpaired) electrons. The Hall–Kier alpha value is -2.44. The lowest BCUT2D eigenvalue weighted by Gasteiger charge is -2.18. The molecule has 0 aliphatic heterocycles. The first kappa shape index (κ1) is 15.9. The summed E-state index contributed by atoms with van der Waals surface area (Å²) >= 11 is 0. The number of rotatable bonds is 3. The summed E-state index contributed by atoms with van der Waals surface area (Å²) in [5.74, 6) is 0. The van der Waals surface area contributed by atoms with Gasteiger partial charge in [-0.25, -0.2) is 0 Å². The van der Waals surface area contributed by atoms with Crippen LogP contribution in [0.3, 0.4) is 0 Å². The fraction of sp³-hybridized carbons (Fsp3) is 0. The maximum Gasteiger partial charge on any atom is 0.290 e. The first-order chi connectivity index (χ1) is 10.9. The summed E-state index contributed by atoms with van der Waals surface area (Å²) < 4.78 is 0. The van der Waals surface area contributed by atoms with Crippen molar-refractivity contribution in [3.63, 3.8) is 0 Å². The Bertz CT molecular complexity index is 576. The van der Waals surface area contributed by atoms with E-state index in [1.807, 2.05) is 0 Å². The molecule has 3 heteroatoms. The smallest absolute Gasteiger partial charge is 0.290 e. The number of hydrogen-bond donors (Lipinski definition) is 1. The van der Waals surface area contributed by atoms with Gasteiger partial charge in [0.2, 0.25) is 0 Å². The van der Waals surface area contributed by atoms with Crippen LogP contribution in [-0.2, 0) is 4.79 Å². The molecule has 3 aromatic rings. The average Bonchev–Trinajstić information content (AvgIpc) is 2.59. The highest BCUT2D eigenvalue weighted by Gasteiger charge is 2.14. The van der Waals surface area contributed by atoms with E-state index < -0.39 is 7.92 Å². The van der Waals surface area contributed by atoms with Crippen molar-refractivity contribution in [3.8, 4) is 0 Å². The van der Waals surface area contributed by atoms with Crippen LogP contribution in [0.1, 0.15) is 0 Å². The minimum absolute atomic E-state index is 0.250. The molecule has 110 valence electrons. The molecule has 1 N–H and O–H groups in total. The van der Waals surface area contributed by atoms with E-state index >= 15 is 0 Å². The van der Waals surface area contributed by atoms with Crippen molar-refractivity contribution < 1.29 is 9.90 Å². The molecule has 0 fully saturated rings. The summed E-state index contributed by atoms with van der Waals surface area (Å²) in [5, 5.41) is 11.1. The van der Waals surface area contributed by atoms with Crippen LogP contribution >= 0.6 is 7.92 Å². The fourth-order valence-electron chi connectivity index (χ4n) is 2.18. The van der Waals surface area contributed by atoms with Crippen molar-refractivity contribution in [1.29, 1.82) is 0 Å². The molecule has 3 aromatic carbocycles. The molecule has 0 amide bonds. The number of benzene rings is 3. The minimum atomic E-state index is -0.446. The Morgan fingerprint density at radius 2 is 0.818 bits per heavy atom. The lowest BCUT2D eigenvalue weighted by molar-refractivity contribution is -0.122. The van der Waals surface area contributed by atoms with Crippen molar-refractivity contribution in [2.75, 3.05) is 0 Å². The molecule has 0 saturated heterocycles. The number of hydrogen-bond acceptors (Lipinski definition) is 1. The Labute approximate surface area is 131 Å². The molecule has 0 aliphatic carbocycles. The Morgan fingerprint density at radius 1 is 0.591 bits per heavy atom. The quantitative estimate of drug-likeness (QED) is 0.596. The van der Waals surface area contributed by atoms with Crippen LogP contribution in [0.5, 0.6) is 0 Å². The maximum atomic E-state index is 8.36. The summed E-state index contributed by atoms with van der Waals surface area (Å²) in [6.07, 6.45) is 0. The molecular weight excluding hydrogens is 291 g/mol. The van der Waals surface area contributed by atoms with Gasteiger partial charge in [0, 0.05) is 0 Å². The van der Waals surface area contributed by atoms with Crippen LogP contribution in [-0.4, -0.2) is 11.6 Å². The fourth-order valence-corrected chi connectivity index (χ4v) is 4.48. The predicted molar refractivity (Wildman–Crippen MR) is 93.8 cm³/mol. The molecule has 0 spiro atoms. The van der Waals surface area contributed by atoms with Gasteiger partial charge in [0.05, 0.1) is 0 Å². The van der Waals surface area contributed by atoms with E-state index in [-0.39, 0.29) is 6.47 Å². The molecule has 0 saturated carbocycles. The van der Waals surface area contributed by atoms with E-state index in [1.54, 1.807) is 0 Å². The van der Waals surface area contributed by atoms with Crippen molar-refractivity contribution in [2.24, 2.45) is 0 Å². The number of carbonyl (C=O) groups is 1. The van der Waals surface area contributed by atoms with E-state index in [9.17, 15) is 0 Å². The molecule has 0 unspecified atom stereocenters. The highest BCUT2D eigenvalue weighted by molar-refractivity contribution is 7.79. The normalized spacial score (nSPS) is 9.68. The molecule has 0 heterocycles. The average molecular weight is 308 g/mol. The zero-order chi connectivity index (χ0) is 15.6. The van der Waals surface area contributed by atoms with Crippen molar-refractivity contribution in [3.05, 3.63) is 91.0 Å². The van der Waals surface area contributed by atoms with Crippen LogP contribution in [0, 0.1) is 0 Å². The Kier molecular flexibility index (Phi) is 6.35. The van der Waals surface area contributed by atoms with Gasteiger partial charge in [-0.05, 0) is 23.8 Å². The molecule has 0 atom stereocenters. The van der Waals surface area contributed by atoms with Gasteiger partial charge in [0.25, 0.3) is 6.47 Å². The minimum Gasteiger partial charge on any atom is -0.483 e. The SMILES string of the molecule is O=CO.c1ccc(P(c2ccccc2)c2ccccc2)cc1. The number of carboxylic acid groups (broad SMARTS) is 1. The van der Waals surface area contributed by atoms with Gasteiger partial charge in [-0.1, -0.05) is 91.0 Å². The first-order valence-electron chi connectivity index (χ1n) is 6.90. The summed E-state index contributed by atoms with van der Waals surface area (Å²) in [7, 11) is -0.446. The third-order valence-corrected chi connectivity index (χ3v) is 5.49. The highest BCUT2D eigenvalue weighted by atomic mass is 31.1. The van der Waals surface area contributed by atoms with Crippen molar-refractivity contribution in [2.45, 2.75) is 0 Å². The molecule has 0 bridgehead atoms. The Morgan fingerprint density at radius 3 is 1.05 bits per heavy atom. The monoisotopic (exact) mass is 308 g/mol. The van der Waals surface area contributed by atoms with E-state index in [1.165, 1.54) is 15.9 Å². The van der Waals surface area contributed by atoms with Gasteiger partial charge < -0.3 is 5.11 Å². The van der Waals surface area contributed by atoms with Crippen LogP contribution in [0.15, 0.2) is 91.0 Å². The first-order valence-corrected chi connectivity index (χ1v) is 8.24. The van der Waals surface area contributed by atoms with Gasteiger partial charge in [0.1, 0.15) is 0 Å². The van der Waals surface area contributed by atoms with E-state index in [2.05, 4.69) is 91.0 Å². The molecule has 22 heavy (non-hydrogen) atoms. The molecule has 2 nitrogen and oxygen atoms in total. The zero-order valence-corrected chi connectivity index (χ0v) is 12.9. The second kappa shape index (κ2) is 8.76. The van der Waals surface area contributed by atoms with Crippen molar-refractivity contribution in [1.82, 2.24) is 0 Å². The van der Waals surface area contributed by atoms with Crippen molar-refractivity contribution >= 4 is 30.3 Å². The van der Waals surface area contributed by atoms with Crippen LogP contribution in [0.2, 0.25) is 0 Å². The van der Waals surface area contributed by atoms with E-state index in [0.29, 0.717) is 0 Å². The van der Waals surface area contributed by atoms with Gasteiger partial charge in [-0.2, -0.15) is 0 Å². The van der Waals surface area contributed by atoms with Gasteiger partial charge >= 0.3 is 0 Å². The molecular formula is C19H17O2P. The summed E-state index contributed by atoms with van der Waals surface area (Å²) in [5.41, 5.74) is 0. The molecule has 3 rings (SSSR count). The summed E-state index contributed by atoms with van der Waals surface area (Å²) in [6, 6.07) is 32.3. The lowest BCUT2D eigenvalue weighted by atomic mass is 10.4. The predicted octanol–water partition coefficient (Wildman–Crippen LogP) is 3.15. The van der Waals surface area contributed by atoms with E-state index in [4.69, 9.17) is 9.90 Å². The second-order valence-electron chi connectivity index (χ2n) is 4.45. The largest absolute Gasteiger partial charge is 0.483 e. The molecule has 0 aliphatic rings. The van der Waals surface area contributed by atoms with Gasteiger partial charge in [-0.15, -0.1) is 0 Å². The topological polar surface area (TPSA) is 37.3 Å². The second-order valence-corrected chi connectivity index (χ2v) is 6.67. The summed E-state index contributed by atoms with van der Waals surface area (Å²) in [4.78, 5) is 8.36. The Balaban J connectivity index is 0.000000545. The third-order valence-electron chi connectivity index (χ3n) is 3.04. The van der Waals surface area contributed by atoms with Crippen LogP contribution < -0.4 is 15.9 Å². The maximum absolute atomic E-state index is 8.36. The lowest BCUT2D eigenvalue weighted by Crippen LogP contribution is -2.20. The van der Waals surface area contributed by atoms with E-state index in [0.717, 1.165) is 0 Å². The standard InChI is InChI=1S/C18H15P.CH2O2/c1-4-10-16(11-5-1)19(17-12-6-2-7-13-17)18-14-8-3-9-15-18;2-1-3/h1-15H;1H,(H,2,3). The third kappa shape index (κ3) is 4.28. The summed E-state index contributed by atoms with van der Waals surface area (Å²) in [6.45, 7) is -0.250.